The molecule has 0 spiro atoms. The van der Waals surface area contributed by atoms with Gasteiger partial charge in [0.05, 0.1) is 0 Å². The van der Waals surface area contributed by atoms with Gasteiger partial charge in [0.25, 0.3) is 0 Å². The topological polar surface area (TPSA) is 78.9 Å². The van der Waals surface area contributed by atoms with Crippen molar-refractivity contribution in [2.45, 2.75) is 380 Å². The Labute approximate surface area is 474 Å². The third kappa shape index (κ3) is 62.5. The SMILES string of the molecule is CCCCCCC/C=C\C/C=C\CCCCCCCCCCCCCC(=O)OC(COC(=O)CCCCCCCCCCCC)COC(=O)CCCCCCCCCCCCCCC/C=C\CCCCCCCCCC. The van der Waals surface area contributed by atoms with Crippen molar-refractivity contribution in [2.24, 2.45) is 0 Å². The predicted octanol–water partition coefficient (Wildman–Crippen LogP) is 23.2. The number of hydrogen-bond donors (Lipinski definition) is 0. The number of allylic oxidation sites excluding steroid dienone is 6. The fourth-order valence-corrected chi connectivity index (χ4v) is 10.2. The first-order chi connectivity index (χ1) is 37.5. The van der Waals surface area contributed by atoms with Crippen molar-refractivity contribution in [1.82, 2.24) is 0 Å². The minimum Gasteiger partial charge on any atom is -0.462 e. The zero-order valence-corrected chi connectivity index (χ0v) is 51.3. The summed E-state index contributed by atoms with van der Waals surface area (Å²) >= 11 is 0. The third-order valence-corrected chi connectivity index (χ3v) is 15.4. The first-order valence-corrected chi connectivity index (χ1v) is 34.0. The first kappa shape index (κ1) is 73.6. The highest BCUT2D eigenvalue weighted by molar-refractivity contribution is 5.71. The lowest BCUT2D eigenvalue weighted by Gasteiger charge is -2.18. The number of rotatable bonds is 63. The molecule has 76 heavy (non-hydrogen) atoms. The normalized spacial score (nSPS) is 12.2. The number of ether oxygens (including phenoxy) is 3. The molecule has 0 aromatic carbocycles. The van der Waals surface area contributed by atoms with Crippen molar-refractivity contribution in [3.63, 3.8) is 0 Å². The van der Waals surface area contributed by atoms with Gasteiger partial charge >= 0.3 is 17.9 Å². The van der Waals surface area contributed by atoms with Crippen LogP contribution in [0, 0.1) is 0 Å². The van der Waals surface area contributed by atoms with Gasteiger partial charge in [-0.3, -0.25) is 14.4 Å². The lowest BCUT2D eigenvalue weighted by Crippen LogP contribution is -2.30. The Bertz CT molecular complexity index is 1270. The molecule has 0 N–H and O–H groups in total. The van der Waals surface area contributed by atoms with Crippen LogP contribution in [0.25, 0.3) is 0 Å². The molecular formula is C70H130O6. The van der Waals surface area contributed by atoms with Gasteiger partial charge in [0, 0.05) is 19.3 Å². The molecule has 0 aromatic heterocycles. The van der Waals surface area contributed by atoms with E-state index in [-0.39, 0.29) is 31.1 Å². The second kappa shape index (κ2) is 65.2. The van der Waals surface area contributed by atoms with Crippen LogP contribution in [0.2, 0.25) is 0 Å². The number of carbonyl (C=O) groups is 3. The van der Waals surface area contributed by atoms with Crippen LogP contribution in [0.15, 0.2) is 36.5 Å². The summed E-state index contributed by atoms with van der Waals surface area (Å²) in [7, 11) is 0. The highest BCUT2D eigenvalue weighted by atomic mass is 16.6. The van der Waals surface area contributed by atoms with Crippen molar-refractivity contribution < 1.29 is 28.6 Å². The molecule has 1 atom stereocenters. The van der Waals surface area contributed by atoms with E-state index in [2.05, 4.69) is 57.2 Å². The first-order valence-electron chi connectivity index (χ1n) is 34.0. The van der Waals surface area contributed by atoms with Crippen LogP contribution < -0.4 is 0 Å². The number of hydrogen-bond acceptors (Lipinski definition) is 6. The van der Waals surface area contributed by atoms with Gasteiger partial charge in [0.15, 0.2) is 6.10 Å². The van der Waals surface area contributed by atoms with E-state index in [9.17, 15) is 14.4 Å². The van der Waals surface area contributed by atoms with E-state index in [1.807, 2.05) is 0 Å². The van der Waals surface area contributed by atoms with Gasteiger partial charge in [-0.1, -0.05) is 314 Å². The van der Waals surface area contributed by atoms with Crippen LogP contribution in [0.3, 0.4) is 0 Å². The van der Waals surface area contributed by atoms with E-state index in [0.717, 1.165) is 64.2 Å². The fraction of sp³-hybridized carbons (Fsp3) is 0.871. The van der Waals surface area contributed by atoms with Gasteiger partial charge in [0.1, 0.15) is 13.2 Å². The minimum absolute atomic E-state index is 0.0683. The minimum atomic E-state index is -0.770. The van der Waals surface area contributed by atoms with E-state index in [4.69, 9.17) is 14.2 Å². The molecule has 0 aliphatic heterocycles. The van der Waals surface area contributed by atoms with Crippen LogP contribution >= 0.6 is 0 Å². The largest absolute Gasteiger partial charge is 0.462 e. The van der Waals surface area contributed by atoms with Gasteiger partial charge in [-0.25, -0.2) is 0 Å². The summed E-state index contributed by atoms with van der Waals surface area (Å²) in [6.07, 6.45) is 80.3. The lowest BCUT2D eigenvalue weighted by molar-refractivity contribution is -0.167. The summed E-state index contributed by atoms with van der Waals surface area (Å²) in [5, 5.41) is 0. The molecule has 0 heterocycles. The molecule has 0 aromatic rings. The van der Waals surface area contributed by atoms with E-state index in [0.29, 0.717) is 19.3 Å². The van der Waals surface area contributed by atoms with Gasteiger partial charge in [-0.2, -0.15) is 0 Å². The number of esters is 3. The Morgan fingerprint density at radius 2 is 0.474 bits per heavy atom. The Morgan fingerprint density at radius 1 is 0.263 bits per heavy atom. The molecule has 6 heteroatoms. The molecule has 0 radical (unpaired) electrons. The summed E-state index contributed by atoms with van der Waals surface area (Å²) < 4.78 is 16.9. The molecular weight excluding hydrogens is 937 g/mol. The molecule has 0 saturated carbocycles. The summed E-state index contributed by atoms with van der Waals surface area (Å²) in [6.45, 7) is 6.68. The quantitative estimate of drug-likeness (QED) is 0.0261. The van der Waals surface area contributed by atoms with Gasteiger partial charge in [-0.05, 0) is 77.0 Å². The molecule has 1 unspecified atom stereocenters. The molecule has 6 nitrogen and oxygen atoms in total. The molecule has 0 saturated heterocycles. The van der Waals surface area contributed by atoms with Gasteiger partial charge in [-0.15, -0.1) is 0 Å². The molecule has 0 bridgehead atoms. The summed E-state index contributed by atoms with van der Waals surface area (Å²) in [5.74, 6) is -0.847. The second-order valence-corrected chi connectivity index (χ2v) is 23.1. The molecule has 446 valence electrons. The Kier molecular flexibility index (Phi) is 63.1. The standard InChI is InChI=1S/C70H130O6/c1-4-7-10-13-16-19-22-24-26-28-30-32-34-35-37-38-40-42-44-46-48-51-54-57-60-63-69(72)75-66-67(65-74-68(71)62-59-56-53-50-21-18-15-12-9-6-3)76-70(73)64-61-58-55-52-49-47-45-43-41-39-36-33-31-29-27-25-23-20-17-14-11-8-5-2/h23,25,28-31,67H,4-22,24,26-27,32-66H2,1-3H3/b25-23-,30-28-,31-29-. The second-order valence-electron chi connectivity index (χ2n) is 23.1. The number of unbranched alkanes of at least 4 members (excludes halogenated alkanes) is 46. The maximum Gasteiger partial charge on any atom is 0.306 e. The van der Waals surface area contributed by atoms with Crippen LogP contribution in [0.4, 0.5) is 0 Å². The van der Waals surface area contributed by atoms with Gasteiger partial charge in [0.2, 0.25) is 0 Å². The van der Waals surface area contributed by atoms with E-state index < -0.39 is 6.10 Å². The monoisotopic (exact) mass is 1070 g/mol. The smallest absolute Gasteiger partial charge is 0.306 e. The Balaban J connectivity index is 4.18. The van der Waals surface area contributed by atoms with E-state index >= 15 is 0 Å². The highest BCUT2D eigenvalue weighted by Crippen LogP contribution is 2.18. The molecule has 0 aliphatic carbocycles. The van der Waals surface area contributed by atoms with E-state index in [1.54, 1.807) is 0 Å². The summed E-state index contributed by atoms with van der Waals surface area (Å²) in [4.78, 5) is 38.3. The van der Waals surface area contributed by atoms with Crippen molar-refractivity contribution in [2.75, 3.05) is 13.2 Å². The fourth-order valence-electron chi connectivity index (χ4n) is 10.2. The molecule has 0 fully saturated rings. The average molecular weight is 1070 g/mol. The average Bonchev–Trinajstić information content (AvgIpc) is 3.42. The Morgan fingerprint density at radius 3 is 0.737 bits per heavy atom. The van der Waals surface area contributed by atoms with Crippen LogP contribution in [-0.2, 0) is 28.6 Å². The van der Waals surface area contributed by atoms with Crippen LogP contribution in [0.1, 0.15) is 374 Å². The number of carbonyl (C=O) groups excluding carboxylic acids is 3. The maximum atomic E-state index is 12.9. The van der Waals surface area contributed by atoms with Crippen LogP contribution in [0.5, 0.6) is 0 Å². The maximum absolute atomic E-state index is 12.9. The van der Waals surface area contributed by atoms with Crippen molar-refractivity contribution in [3.8, 4) is 0 Å². The predicted molar refractivity (Wildman–Crippen MR) is 330 cm³/mol. The summed E-state index contributed by atoms with van der Waals surface area (Å²) in [5.41, 5.74) is 0. The van der Waals surface area contributed by atoms with E-state index in [1.165, 1.54) is 270 Å². The zero-order chi connectivity index (χ0) is 55.0. The van der Waals surface area contributed by atoms with Crippen molar-refractivity contribution >= 4 is 17.9 Å². The molecule has 0 rings (SSSR count). The lowest BCUT2D eigenvalue weighted by atomic mass is 10.0. The van der Waals surface area contributed by atoms with Crippen LogP contribution in [-0.4, -0.2) is 37.2 Å². The van der Waals surface area contributed by atoms with Gasteiger partial charge < -0.3 is 14.2 Å². The van der Waals surface area contributed by atoms with Crippen molar-refractivity contribution in [3.05, 3.63) is 36.5 Å². The van der Waals surface area contributed by atoms with Crippen molar-refractivity contribution in [1.29, 1.82) is 0 Å². The summed E-state index contributed by atoms with van der Waals surface area (Å²) in [6, 6.07) is 0. The molecule has 0 aliphatic rings. The highest BCUT2D eigenvalue weighted by Gasteiger charge is 2.19. The zero-order valence-electron chi connectivity index (χ0n) is 51.3. The third-order valence-electron chi connectivity index (χ3n) is 15.4. The molecule has 0 amide bonds. The Hall–Kier alpha value is -2.37.